The van der Waals surface area contributed by atoms with Gasteiger partial charge in [-0.25, -0.2) is 4.98 Å². The van der Waals surface area contributed by atoms with Gasteiger partial charge in [0, 0.05) is 16.0 Å². The third kappa shape index (κ3) is 3.08. The molecule has 1 atom stereocenters. The fourth-order valence-electron chi connectivity index (χ4n) is 1.88. The quantitative estimate of drug-likeness (QED) is 0.920. The Kier molecular flexibility index (Phi) is 4.45. The number of aryl methyl sites for hydroxylation is 1. The van der Waals surface area contributed by atoms with Crippen LogP contribution in [-0.4, -0.2) is 11.6 Å². The van der Waals surface area contributed by atoms with Crippen LogP contribution in [0.1, 0.15) is 30.5 Å². The summed E-state index contributed by atoms with van der Waals surface area (Å²) >= 11 is 7.69. The number of aromatic nitrogens is 1. The number of rotatable bonds is 4. The van der Waals surface area contributed by atoms with E-state index in [0.29, 0.717) is 11.6 Å². The first-order valence-corrected chi connectivity index (χ1v) is 7.43. The molecule has 1 aromatic heterocycles. The number of nitrogens with zero attached hydrogens (tertiary/aromatic N) is 1. The normalized spacial score (nSPS) is 12.5. The molecule has 102 valence electrons. The van der Waals surface area contributed by atoms with Gasteiger partial charge in [0.25, 0.3) is 0 Å². The fraction of sp³-hybridized carbons (Fsp3) is 0.357. The predicted octanol–water partition coefficient (Wildman–Crippen LogP) is 4.19. The van der Waals surface area contributed by atoms with Crippen molar-refractivity contribution < 1.29 is 4.74 Å². The van der Waals surface area contributed by atoms with Gasteiger partial charge < -0.3 is 10.5 Å². The molecule has 5 heteroatoms. The lowest BCUT2D eigenvalue weighted by Crippen LogP contribution is -2.04. The van der Waals surface area contributed by atoms with Crippen LogP contribution in [0.3, 0.4) is 0 Å². The Morgan fingerprint density at radius 1 is 1.47 bits per heavy atom. The van der Waals surface area contributed by atoms with E-state index in [0.717, 1.165) is 27.6 Å². The maximum absolute atomic E-state index is 6.14. The fourth-order valence-corrected chi connectivity index (χ4v) is 2.93. The highest BCUT2D eigenvalue weighted by Gasteiger charge is 2.15. The number of hydrogen-bond donors (Lipinski definition) is 1. The first-order chi connectivity index (χ1) is 9.02. The Bertz CT molecular complexity index is 581. The summed E-state index contributed by atoms with van der Waals surface area (Å²) in [5.41, 5.74) is 8.66. The minimum atomic E-state index is -0.0606. The van der Waals surface area contributed by atoms with Crippen LogP contribution in [0.5, 0.6) is 5.75 Å². The molecule has 0 aliphatic rings. The summed E-state index contributed by atoms with van der Waals surface area (Å²) in [6.45, 7) is 6.49. The molecule has 1 heterocycles. The van der Waals surface area contributed by atoms with Gasteiger partial charge >= 0.3 is 0 Å². The minimum absolute atomic E-state index is 0.0606. The van der Waals surface area contributed by atoms with Gasteiger partial charge in [0.1, 0.15) is 10.8 Å². The number of thiazole rings is 1. The average molecular weight is 297 g/mol. The number of benzene rings is 1. The molecule has 0 aliphatic carbocycles. The highest BCUT2D eigenvalue weighted by Crippen LogP contribution is 2.36. The molecule has 0 amide bonds. The van der Waals surface area contributed by atoms with Crippen molar-refractivity contribution in [2.75, 3.05) is 6.61 Å². The Morgan fingerprint density at radius 2 is 2.21 bits per heavy atom. The standard InChI is InChI=1S/C14H17ClN2OS/c1-4-18-13-8(2)5-10(15)6-11(13)12-7-19-14(17-12)9(3)16/h5-7,9H,4,16H2,1-3H3. The van der Waals surface area contributed by atoms with E-state index in [4.69, 9.17) is 22.1 Å². The third-order valence-corrected chi connectivity index (χ3v) is 3.98. The van der Waals surface area contributed by atoms with Crippen molar-refractivity contribution in [1.82, 2.24) is 4.98 Å². The van der Waals surface area contributed by atoms with Crippen molar-refractivity contribution in [1.29, 1.82) is 0 Å². The van der Waals surface area contributed by atoms with Crippen LogP contribution in [0.2, 0.25) is 5.02 Å². The number of ether oxygens (including phenoxy) is 1. The van der Waals surface area contributed by atoms with Gasteiger partial charge in [0.2, 0.25) is 0 Å². The van der Waals surface area contributed by atoms with E-state index in [1.165, 1.54) is 0 Å². The van der Waals surface area contributed by atoms with Crippen molar-refractivity contribution in [3.05, 3.63) is 33.1 Å². The van der Waals surface area contributed by atoms with Gasteiger partial charge in [-0.2, -0.15) is 0 Å². The molecular formula is C14H17ClN2OS. The van der Waals surface area contributed by atoms with E-state index in [9.17, 15) is 0 Å². The van der Waals surface area contributed by atoms with Crippen molar-refractivity contribution in [3.63, 3.8) is 0 Å². The molecule has 1 unspecified atom stereocenters. The van der Waals surface area contributed by atoms with Gasteiger partial charge in [-0.1, -0.05) is 11.6 Å². The number of halogens is 1. The summed E-state index contributed by atoms with van der Waals surface area (Å²) in [6, 6.07) is 3.73. The molecule has 0 bridgehead atoms. The first-order valence-electron chi connectivity index (χ1n) is 6.17. The molecule has 0 saturated heterocycles. The topological polar surface area (TPSA) is 48.1 Å². The van der Waals surface area contributed by atoms with E-state index >= 15 is 0 Å². The lowest BCUT2D eigenvalue weighted by Gasteiger charge is -2.12. The van der Waals surface area contributed by atoms with E-state index in [-0.39, 0.29) is 6.04 Å². The molecule has 0 fully saturated rings. The predicted molar refractivity (Wildman–Crippen MR) is 81.1 cm³/mol. The summed E-state index contributed by atoms with van der Waals surface area (Å²) in [4.78, 5) is 4.56. The Labute approximate surface area is 122 Å². The lowest BCUT2D eigenvalue weighted by molar-refractivity contribution is 0.339. The summed E-state index contributed by atoms with van der Waals surface area (Å²) in [7, 11) is 0. The van der Waals surface area contributed by atoms with Gasteiger partial charge in [0.15, 0.2) is 0 Å². The summed E-state index contributed by atoms with van der Waals surface area (Å²) < 4.78 is 5.72. The SMILES string of the molecule is CCOc1c(C)cc(Cl)cc1-c1csc(C(C)N)n1. The average Bonchev–Trinajstić information content (AvgIpc) is 2.81. The van der Waals surface area contributed by atoms with Crippen LogP contribution in [-0.2, 0) is 0 Å². The number of nitrogens with two attached hydrogens (primary N) is 1. The second-order valence-corrected chi connectivity index (χ2v) is 5.72. The lowest BCUT2D eigenvalue weighted by atomic mass is 10.1. The molecule has 0 aliphatic heterocycles. The van der Waals surface area contributed by atoms with Gasteiger partial charge in [0.05, 0.1) is 18.3 Å². The molecule has 0 spiro atoms. The zero-order valence-electron chi connectivity index (χ0n) is 11.2. The van der Waals surface area contributed by atoms with E-state index in [2.05, 4.69) is 4.98 Å². The second kappa shape index (κ2) is 5.90. The minimum Gasteiger partial charge on any atom is -0.493 e. The van der Waals surface area contributed by atoms with E-state index in [1.54, 1.807) is 11.3 Å². The van der Waals surface area contributed by atoms with Gasteiger partial charge in [-0.3, -0.25) is 0 Å². The molecule has 19 heavy (non-hydrogen) atoms. The third-order valence-electron chi connectivity index (χ3n) is 2.72. The zero-order chi connectivity index (χ0) is 14.0. The molecule has 0 radical (unpaired) electrons. The van der Waals surface area contributed by atoms with Crippen molar-refractivity contribution in [2.45, 2.75) is 26.8 Å². The van der Waals surface area contributed by atoms with Crippen LogP contribution < -0.4 is 10.5 Å². The Hall–Kier alpha value is -1.10. The van der Waals surface area contributed by atoms with Gasteiger partial charge in [-0.15, -0.1) is 11.3 Å². The Balaban J connectivity index is 2.52. The summed E-state index contributed by atoms with van der Waals surface area (Å²) in [5.74, 6) is 0.841. The number of hydrogen-bond acceptors (Lipinski definition) is 4. The van der Waals surface area contributed by atoms with Crippen LogP contribution in [0.4, 0.5) is 0 Å². The van der Waals surface area contributed by atoms with Crippen molar-refractivity contribution >= 4 is 22.9 Å². The molecule has 2 rings (SSSR count). The summed E-state index contributed by atoms with van der Waals surface area (Å²) in [5, 5.41) is 3.59. The van der Waals surface area contributed by atoms with Crippen molar-refractivity contribution in [2.24, 2.45) is 5.73 Å². The van der Waals surface area contributed by atoms with Crippen LogP contribution >= 0.6 is 22.9 Å². The van der Waals surface area contributed by atoms with E-state index in [1.807, 2.05) is 38.3 Å². The maximum atomic E-state index is 6.14. The molecule has 3 nitrogen and oxygen atoms in total. The second-order valence-electron chi connectivity index (χ2n) is 4.39. The monoisotopic (exact) mass is 296 g/mol. The van der Waals surface area contributed by atoms with Crippen LogP contribution in [0.25, 0.3) is 11.3 Å². The molecule has 2 N–H and O–H groups in total. The molecule has 2 aromatic rings. The molecule has 0 saturated carbocycles. The maximum Gasteiger partial charge on any atom is 0.131 e. The smallest absolute Gasteiger partial charge is 0.131 e. The molecule has 1 aromatic carbocycles. The summed E-state index contributed by atoms with van der Waals surface area (Å²) in [6.07, 6.45) is 0. The highest BCUT2D eigenvalue weighted by molar-refractivity contribution is 7.10. The van der Waals surface area contributed by atoms with Crippen molar-refractivity contribution in [3.8, 4) is 17.0 Å². The zero-order valence-corrected chi connectivity index (χ0v) is 12.8. The Morgan fingerprint density at radius 3 is 2.79 bits per heavy atom. The highest BCUT2D eigenvalue weighted by atomic mass is 35.5. The largest absolute Gasteiger partial charge is 0.493 e. The van der Waals surface area contributed by atoms with Gasteiger partial charge in [-0.05, 0) is 38.5 Å². The molecular weight excluding hydrogens is 280 g/mol. The van der Waals surface area contributed by atoms with Crippen LogP contribution in [0, 0.1) is 6.92 Å². The first kappa shape index (κ1) is 14.3. The van der Waals surface area contributed by atoms with E-state index < -0.39 is 0 Å². The van der Waals surface area contributed by atoms with Crippen LogP contribution in [0.15, 0.2) is 17.5 Å².